The van der Waals surface area contributed by atoms with Gasteiger partial charge < -0.3 is 4.74 Å². The van der Waals surface area contributed by atoms with Crippen molar-refractivity contribution >= 4 is 29.3 Å². The summed E-state index contributed by atoms with van der Waals surface area (Å²) in [5, 5.41) is 0.956. The van der Waals surface area contributed by atoms with E-state index in [-0.39, 0.29) is 12.2 Å². The molecule has 1 unspecified atom stereocenters. The van der Waals surface area contributed by atoms with Crippen molar-refractivity contribution in [1.29, 1.82) is 0 Å². The molecule has 1 aliphatic heterocycles. The number of benzene rings is 2. The molecule has 1 heterocycles. The van der Waals surface area contributed by atoms with E-state index in [0.717, 1.165) is 11.1 Å². The smallest absolute Gasteiger partial charge is 0.410 e. The van der Waals surface area contributed by atoms with E-state index in [4.69, 9.17) is 27.9 Å². The number of amides is 1. The number of halogens is 2. The molecule has 21 heavy (non-hydrogen) atoms. The Hall–Kier alpha value is -1.71. The lowest BCUT2D eigenvalue weighted by molar-refractivity contribution is 0.132. The van der Waals surface area contributed by atoms with Gasteiger partial charge >= 0.3 is 6.09 Å². The molecule has 1 aliphatic rings. The van der Waals surface area contributed by atoms with Gasteiger partial charge in [0.1, 0.15) is 6.10 Å². The zero-order valence-electron chi connectivity index (χ0n) is 11.1. The molecule has 5 heteroatoms. The molecule has 3 nitrogen and oxygen atoms in total. The monoisotopic (exact) mass is 321 g/mol. The van der Waals surface area contributed by atoms with E-state index in [1.54, 1.807) is 17.0 Å². The Balaban J connectivity index is 1.73. The van der Waals surface area contributed by atoms with Crippen molar-refractivity contribution in [2.75, 3.05) is 6.54 Å². The van der Waals surface area contributed by atoms with Crippen LogP contribution in [-0.2, 0) is 11.3 Å². The van der Waals surface area contributed by atoms with Crippen LogP contribution in [-0.4, -0.2) is 17.5 Å². The molecule has 2 aromatic rings. The van der Waals surface area contributed by atoms with Crippen LogP contribution >= 0.6 is 23.2 Å². The summed E-state index contributed by atoms with van der Waals surface area (Å²) < 4.78 is 5.41. The van der Waals surface area contributed by atoms with Gasteiger partial charge in [-0.1, -0.05) is 59.6 Å². The second kappa shape index (κ2) is 5.96. The number of hydrogen-bond donors (Lipinski definition) is 0. The first kappa shape index (κ1) is 14.2. The van der Waals surface area contributed by atoms with Crippen molar-refractivity contribution in [3.63, 3.8) is 0 Å². The lowest BCUT2D eigenvalue weighted by Crippen LogP contribution is -2.23. The predicted molar refractivity (Wildman–Crippen MR) is 82.5 cm³/mol. The van der Waals surface area contributed by atoms with Gasteiger partial charge in [-0.2, -0.15) is 0 Å². The van der Waals surface area contributed by atoms with Gasteiger partial charge in [-0.15, -0.1) is 0 Å². The first-order valence-corrected chi connectivity index (χ1v) is 7.33. The molecule has 3 rings (SSSR count). The number of carbonyl (C=O) groups is 1. The molecule has 0 spiro atoms. The first-order valence-electron chi connectivity index (χ1n) is 6.58. The van der Waals surface area contributed by atoms with Gasteiger partial charge in [-0.25, -0.2) is 4.79 Å². The SMILES string of the molecule is O=C1OC(c2ccc(Cl)c(Cl)c2)CN1Cc1ccccc1. The van der Waals surface area contributed by atoms with E-state index in [1.165, 1.54) is 0 Å². The molecular formula is C16H13Cl2NO2. The fourth-order valence-electron chi connectivity index (χ4n) is 2.33. The standard InChI is InChI=1S/C16H13Cl2NO2/c17-13-7-6-12(8-14(13)18)15-10-19(16(20)21-15)9-11-4-2-1-3-5-11/h1-8,15H,9-10H2. The van der Waals surface area contributed by atoms with E-state index in [0.29, 0.717) is 23.1 Å². The minimum Gasteiger partial charge on any atom is -0.439 e. The normalized spacial score (nSPS) is 17.9. The highest BCUT2D eigenvalue weighted by molar-refractivity contribution is 6.42. The molecule has 1 saturated heterocycles. The summed E-state index contributed by atoms with van der Waals surface area (Å²) in [6.45, 7) is 1.04. The number of cyclic esters (lactones) is 1. The molecular weight excluding hydrogens is 309 g/mol. The molecule has 2 aromatic carbocycles. The molecule has 1 fully saturated rings. The number of hydrogen-bond acceptors (Lipinski definition) is 2. The van der Waals surface area contributed by atoms with Gasteiger partial charge in [0.05, 0.1) is 16.6 Å². The topological polar surface area (TPSA) is 29.5 Å². The maximum Gasteiger partial charge on any atom is 0.410 e. The van der Waals surface area contributed by atoms with Crippen molar-refractivity contribution < 1.29 is 9.53 Å². The van der Waals surface area contributed by atoms with Crippen LogP contribution in [0.1, 0.15) is 17.2 Å². The third-order valence-electron chi connectivity index (χ3n) is 3.42. The largest absolute Gasteiger partial charge is 0.439 e. The van der Waals surface area contributed by atoms with Crippen LogP contribution in [0.3, 0.4) is 0 Å². The van der Waals surface area contributed by atoms with Crippen LogP contribution in [0.15, 0.2) is 48.5 Å². The molecule has 1 amide bonds. The minimum absolute atomic E-state index is 0.309. The zero-order chi connectivity index (χ0) is 14.8. The first-order chi connectivity index (χ1) is 10.1. The fourth-order valence-corrected chi connectivity index (χ4v) is 2.63. The molecule has 0 saturated carbocycles. The molecule has 0 N–H and O–H groups in total. The quantitative estimate of drug-likeness (QED) is 0.821. The van der Waals surface area contributed by atoms with Gasteiger partial charge in [0, 0.05) is 6.54 Å². The van der Waals surface area contributed by atoms with Gasteiger partial charge in [0.2, 0.25) is 0 Å². The molecule has 0 aromatic heterocycles. The third-order valence-corrected chi connectivity index (χ3v) is 4.16. The average molecular weight is 322 g/mol. The summed E-state index contributed by atoms with van der Waals surface area (Å²) >= 11 is 11.9. The third kappa shape index (κ3) is 3.14. The van der Waals surface area contributed by atoms with E-state index in [2.05, 4.69) is 0 Å². The number of carbonyl (C=O) groups excluding carboxylic acids is 1. The van der Waals surface area contributed by atoms with Crippen LogP contribution in [0.2, 0.25) is 10.0 Å². The highest BCUT2D eigenvalue weighted by Crippen LogP contribution is 2.31. The maximum absolute atomic E-state index is 12.0. The van der Waals surface area contributed by atoms with Gasteiger partial charge in [-0.3, -0.25) is 4.90 Å². The summed E-state index contributed by atoms with van der Waals surface area (Å²) in [6.07, 6.45) is -0.620. The lowest BCUT2D eigenvalue weighted by atomic mass is 10.1. The Morgan fingerprint density at radius 2 is 1.86 bits per heavy atom. The minimum atomic E-state index is -0.310. The lowest BCUT2D eigenvalue weighted by Gasteiger charge is -2.13. The summed E-state index contributed by atoms with van der Waals surface area (Å²) in [5.41, 5.74) is 1.93. The maximum atomic E-state index is 12.0. The fraction of sp³-hybridized carbons (Fsp3) is 0.188. The zero-order valence-corrected chi connectivity index (χ0v) is 12.6. The Morgan fingerprint density at radius 3 is 2.57 bits per heavy atom. The second-order valence-corrected chi connectivity index (χ2v) is 5.73. The van der Waals surface area contributed by atoms with E-state index >= 15 is 0 Å². The Bertz CT molecular complexity index is 661. The molecule has 1 atom stereocenters. The van der Waals surface area contributed by atoms with Crippen molar-refractivity contribution in [1.82, 2.24) is 4.90 Å². The highest BCUT2D eigenvalue weighted by atomic mass is 35.5. The van der Waals surface area contributed by atoms with E-state index in [9.17, 15) is 4.79 Å². The van der Waals surface area contributed by atoms with Gasteiger partial charge in [-0.05, 0) is 23.3 Å². The van der Waals surface area contributed by atoms with Crippen LogP contribution < -0.4 is 0 Å². The summed E-state index contributed by atoms with van der Waals surface area (Å²) in [6, 6.07) is 15.1. The summed E-state index contributed by atoms with van der Waals surface area (Å²) in [5.74, 6) is 0. The van der Waals surface area contributed by atoms with E-state index < -0.39 is 0 Å². The number of nitrogens with zero attached hydrogens (tertiary/aromatic N) is 1. The van der Waals surface area contributed by atoms with Crippen molar-refractivity contribution in [2.24, 2.45) is 0 Å². The van der Waals surface area contributed by atoms with Crippen LogP contribution in [0, 0.1) is 0 Å². The molecule has 0 aliphatic carbocycles. The Morgan fingerprint density at radius 1 is 1.10 bits per heavy atom. The second-order valence-electron chi connectivity index (χ2n) is 4.91. The average Bonchev–Trinajstić information content (AvgIpc) is 2.84. The predicted octanol–water partition coefficient (Wildman–Crippen LogP) is 4.69. The van der Waals surface area contributed by atoms with Crippen LogP contribution in [0.25, 0.3) is 0 Å². The van der Waals surface area contributed by atoms with Gasteiger partial charge in [0.25, 0.3) is 0 Å². The van der Waals surface area contributed by atoms with Gasteiger partial charge in [0.15, 0.2) is 0 Å². The molecule has 0 radical (unpaired) electrons. The van der Waals surface area contributed by atoms with Crippen molar-refractivity contribution in [3.8, 4) is 0 Å². The summed E-state index contributed by atoms with van der Waals surface area (Å²) in [4.78, 5) is 13.6. The molecule has 108 valence electrons. The highest BCUT2D eigenvalue weighted by Gasteiger charge is 2.32. The molecule has 0 bridgehead atoms. The summed E-state index contributed by atoms with van der Waals surface area (Å²) in [7, 11) is 0. The number of rotatable bonds is 3. The number of ether oxygens (including phenoxy) is 1. The Kier molecular flexibility index (Phi) is 4.04. The van der Waals surface area contributed by atoms with Crippen molar-refractivity contribution in [3.05, 3.63) is 69.7 Å². The Labute approximate surface area is 133 Å². The van der Waals surface area contributed by atoms with Crippen LogP contribution in [0.4, 0.5) is 4.79 Å². The van der Waals surface area contributed by atoms with E-state index in [1.807, 2.05) is 36.4 Å². The van der Waals surface area contributed by atoms with Crippen molar-refractivity contribution in [2.45, 2.75) is 12.6 Å². The van der Waals surface area contributed by atoms with Crippen LogP contribution in [0.5, 0.6) is 0 Å².